The van der Waals surface area contributed by atoms with Gasteiger partial charge in [0, 0.05) is 11.4 Å². The minimum absolute atomic E-state index is 0.270. The van der Waals surface area contributed by atoms with E-state index in [2.05, 4.69) is 18.1 Å². The molecule has 12 heteroatoms. The van der Waals surface area contributed by atoms with Crippen molar-refractivity contribution in [3.05, 3.63) is 4.91 Å². The molecule has 1 aliphatic heterocycles. The minimum Gasteiger partial charge on any atom is -0.390 e. The highest BCUT2D eigenvalue weighted by Crippen LogP contribution is 2.52. The molecule has 9 nitrogen and oxygen atoms in total. The minimum atomic E-state index is -4.62. The van der Waals surface area contributed by atoms with Gasteiger partial charge in [0.1, 0.15) is 6.10 Å². The fourth-order valence-electron chi connectivity index (χ4n) is 1.22. The number of nitroso groups, excluding NO2 is 1. The number of phosphoric ester groups is 1. The summed E-state index contributed by atoms with van der Waals surface area (Å²) in [6.07, 6.45) is -1.27. The van der Waals surface area contributed by atoms with Crippen molar-refractivity contribution in [3.63, 3.8) is 0 Å². The zero-order chi connectivity index (χ0) is 13.1. The molecule has 0 amide bonds. The predicted octanol–water partition coefficient (Wildman–Crippen LogP) is 0.627. The third kappa shape index (κ3) is 5.20. The molecule has 0 radical (unpaired) electrons. The Labute approximate surface area is 99.5 Å². The standard InChI is InChI=1S/C5H12NO8P3/c7-3-1-5(15)13-4(3)2-12-17(10,11)14-16(9)6-8/h3-5,7,16H,1-2,15H2,(H,10,11)/t3?,4-,5+/m1/s1. The highest BCUT2D eigenvalue weighted by atomic mass is 31.2. The molecule has 0 bridgehead atoms. The van der Waals surface area contributed by atoms with Crippen LogP contribution >= 0.6 is 25.2 Å². The topological polar surface area (TPSA) is 132 Å². The molecule has 1 fully saturated rings. The number of aliphatic hydroxyl groups excluding tert-OH is 1. The lowest BCUT2D eigenvalue weighted by atomic mass is 10.2. The number of rotatable bonds is 6. The van der Waals surface area contributed by atoms with Crippen LogP contribution in [-0.4, -0.2) is 34.7 Å². The second-order valence-electron chi connectivity index (χ2n) is 3.23. The number of aliphatic hydroxyl groups is 1. The number of hydrogen-bond acceptors (Lipinski definition) is 7. The van der Waals surface area contributed by atoms with Crippen molar-refractivity contribution in [3.8, 4) is 0 Å². The summed E-state index contributed by atoms with van der Waals surface area (Å²) in [6, 6.07) is 0. The largest absolute Gasteiger partial charge is 0.479 e. The summed E-state index contributed by atoms with van der Waals surface area (Å²) in [5.41, 5.74) is 0. The summed E-state index contributed by atoms with van der Waals surface area (Å²) < 4.78 is 35.1. The molecule has 0 aromatic rings. The Hall–Kier alpha value is 0.290. The van der Waals surface area contributed by atoms with Gasteiger partial charge in [-0.1, -0.05) is 0 Å². The van der Waals surface area contributed by atoms with Gasteiger partial charge in [-0.3, -0.25) is 9.09 Å². The van der Waals surface area contributed by atoms with Crippen molar-refractivity contribution in [2.75, 3.05) is 6.61 Å². The lowest BCUT2D eigenvalue weighted by Gasteiger charge is -2.16. The van der Waals surface area contributed by atoms with Crippen molar-refractivity contribution in [1.29, 1.82) is 0 Å². The highest BCUT2D eigenvalue weighted by Gasteiger charge is 2.35. The van der Waals surface area contributed by atoms with Crippen molar-refractivity contribution < 1.29 is 32.7 Å². The van der Waals surface area contributed by atoms with Crippen LogP contribution in [0.3, 0.4) is 0 Å². The molecule has 6 atom stereocenters. The van der Waals surface area contributed by atoms with Crippen LogP contribution in [-0.2, 0) is 22.7 Å². The SMILES string of the molecule is O=N[PH](=O)OP(=O)(O)OC[C@H]1O[C@@H](P)CC1O. The van der Waals surface area contributed by atoms with Gasteiger partial charge in [0.25, 0.3) is 0 Å². The van der Waals surface area contributed by atoms with Gasteiger partial charge in [-0.05, 0) is 0 Å². The Morgan fingerprint density at radius 1 is 1.65 bits per heavy atom. The maximum absolute atomic E-state index is 11.1. The highest BCUT2D eigenvalue weighted by molar-refractivity contribution is 7.57. The molecule has 1 saturated heterocycles. The third-order valence-electron chi connectivity index (χ3n) is 1.92. The van der Waals surface area contributed by atoms with Crippen molar-refractivity contribution in [2.45, 2.75) is 24.5 Å². The maximum atomic E-state index is 11.1. The second kappa shape index (κ2) is 6.45. The lowest BCUT2D eigenvalue weighted by molar-refractivity contribution is -0.00206. The van der Waals surface area contributed by atoms with Gasteiger partial charge in [0.2, 0.25) is 0 Å². The Balaban J connectivity index is 2.41. The number of hydrogen-bond donors (Lipinski definition) is 2. The first-order valence-corrected chi connectivity index (χ1v) is 7.90. The fraction of sp³-hybridized carbons (Fsp3) is 1.00. The van der Waals surface area contributed by atoms with Crippen LogP contribution in [0.5, 0.6) is 0 Å². The normalized spacial score (nSPS) is 34.2. The Morgan fingerprint density at radius 3 is 2.76 bits per heavy atom. The van der Waals surface area contributed by atoms with Gasteiger partial charge < -0.3 is 14.7 Å². The van der Waals surface area contributed by atoms with Gasteiger partial charge in [-0.2, -0.15) is 0 Å². The van der Waals surface area contributed by atoms with Crippen LogP contribution in [0, 0.1) is 4.91 Å². The molecule has 0 spiro atoms. The Kier molecular flexibility index (Phi) is 5.83. The van der Waals surface area contributed by atoms with Gasteiger partial charge in [-0.25, -0.2) is 8.88 Å². The van der Waals surface area contributed by atoms with E-state index in [0.29, 0.717) is 6.42 Å². The molecule has 0 aromatic carbocycles. The van der Waals surface area contributed by atoms with Crippen LogP contribution in [0.2, 0.25) is 0 Å². The zero-order valence-electron chi connectivity index (χ0n) is 8.46. The maximum Gasteiger partial charge on any atom is 0.479 e. The molecule has 2 N–H and O–H groups in total. The zero-order valence-corrected chi connectivity index (χ0v) is 11.5. The van der Waals surface area contributed by atoms with Crippen LogP contribution < -0.4 is 0 Å². The van der Waals surface area contributed by atoms with Gasteiger partial charge >= 0.3 is 16.0 Å². The van der Waals surface area contributed by atoms with Gasteiger partial charge in [0.15, 0.2) is 0 Å². The summed E-state index contributed by atoms with van der Waals surface area (Å²) in [5, 5.41) is 9.43. The summed E-state index contributed by atoms with van der Waals surface area (Å²) >= 11 is 0. The number of phosphoric acid groups is 1. The van der Waals surface area contributed by atoms with Gasteiger partial charge in [0.05, 0.1) is 18.6 Å². The Bertz CT molecular complexity index is 350. The first-order valence-electron chi connectivity index (χ1n) is 4.47. The summed E-state index contributed by atoms with van der Waals surface area (Å²) in [6.45, 7) is -0.423. The Morgan fingerprint density at radius 2 is 2.29 bits per heavy atom. The molecule has 4 unspecified atom stereocenters. The second-order valence-corrected chi connectivity index (χ2v) is 6.61. The molecular formula is C5H12NO8P3. The van der Waals surface area contributed by atoms with E-state index >= 15 is 0 Å². The van der Waals surface area contributed by atoms with Crippen LogP contribution in [0.1, 0.15) is 6.42 Å². The average Bonchev–Trinajstić information content (AvgIpc) is 2.54. The summed E-state index contributed by atoms with van der Waals surface area (Å²) in [5.74, 6) is -0.270. The number of nitrogens with zero attached hydrogens (tertiary/aromatic N) is 1. The monoisotopic (exact) mass is 307 g/mol. The first kappa shape index (κ1) is 15.3. The van der Waals surface area contributed by atoms with Gasteiger partial charge in [-0.15, -0.1) is 14.1 Å². The molecular weight excluding hydrogens is 295 g/mol. The van der Waals surface area contributed by atoms with Crippen LogP contribution in [0.15, 0.2) is 4.95 Å². The van der Waals surface area contributed by atoms with Crippen molar-refractivity contribution in [1.82, 2.24) is 0 Å². The van der Waals surface area contributed by atoms with Crippen molar-refractivity contribution in [2.24, 2.45) is 4.95 Å². The predicted molar refractivity (Wildman–Crippen MR) is 60.7 cm³/mol. The molecule has 0 aromatic heterocycles. The lowest BCUT2D eigenvalue weighted by Crippen LogP contribution is -2.25. The average molecular weight is 307 g/mol. The first-order chi connectivity index (χ1) is 7.84. The summed E-state index contributed by atoms with van der Waals surface area (Å²) in [7, 11) is -5.77. The summed E-state index contributed by atoms with van der Waals surface area (Å²) in [4.78, 5) is 20.7. The molecule has 1 aliphatic rings. The third-order valence-corrected chi connectivity index (χ3v) is 4.52. The smallest absolute Gasteiger partial charge is 0.390 e. The van der Waals surface area contributed by atoms with Crippen LogP contribution in [0.25, 0.3) is 0 Å². The molecule has 100 valence electrons. The molecule has 0 saturated carbocycles. The quantitative estimate of drug-likeness (QED) is 0.539. The number of ether oxygens (including phenoxy) is 1. The molecule has 1 rings (SSSR count). The molecule has 0 aliphatic carbocycles. The van der Waals surface area contributed by atoms with E-state index in [1.807, 2.05) is 4.95 Å². The van der Waals surface area contributed by atoms with E-state index < -0.39 is 34.8 Å². The van der Waals surface area contributed by atoms with Crippen LogP contribution in [0.4, 0.5) is 0 Å². The van der Waals surface area contributed by atoms with E-state index in [9.17, 15) is 19.1 Å². The van der Waals surface area contributed by atoms with E-state index in [0.717, 1.165) is 0 Å². The van der Waals surface area contributed by atoms with E-state index in [4.69, 9.17) is 9.63 Å². The van der Waals surface area contributed by atoms with E-state index in [-0.39, 0.29) is 5.85 Å². The van der Waals surface area contributed by atoms with Crippen molar-refractivity contribution >= 4 is 25.2 Å². The van der Waals surface area contributed by atoms with E-state index in [1.54, 1.807) is 0 Å². The molecule has 17 heavy (non-hydrogen) atoms. The van der Waals surface area contributed by atoms with E-state index in [1.165, 1.54) is 0 Å². The fourth-order valence-corrected chi connectivity index (χ4v) is 3.17. The molecule has 1 heterocycles.